The molecule has 6 nitrogen and oxygen atoms in total. The van der Waals surface area contributed by atoms with Crippen LogP contribution < -0.4 is 4.74 Å². The molecule has 0 aromatic heterocycles. The molecular formula is C20H26FN3O3S. The Labute approximate surface area is 165 Å². The normalized spacial score (nSPS) is 30.4. The van der Waals surface area contributed by atoms with E-state index in [-0.39, 0.29) is 10.6 Å². The van der Waals surface area contributed by atoms with Gasteiger partial charge in [0.1, 0.15) is 0 Å². The largest absolute Gasteiger partial charge is 0.490 e. The molecule has 0 bridgehead atoms. The first-order chi connectivity index (χ1) is 13.4. The Morgan fingerprint density at radius 2 is 1.96 bits per heavy atom. The molecule has 2 aliphatic carbocycles. The first-order valence-electron chi connectivity index (χ1n) is 9.91. The summed E-state index contributed by atoms with van der Waals surface area (Å²) in [4.78, 5) is 4.48. The van der Waals surface area contributed by atoms with E-state index < -0.39 is 15.7 Å². The number of ether oxygens (including phenoxy) is 1. The van der Waals surface area contributed by atoms with E-state index in [2.05, 4.69) is 11.1 Å². The molecule has 2 saturated carbocycles. The molecule has 2 unspecified atom stereocenters. The lowest BCUT2D eigenvalue weighted by atomic mass is 9.85. The van der Waals surface area contributed by atoms with Gasteiger partial charge < -0.3 is 9.64 Å². The highest BCUT2D eigenvalue weighted by molar-refractivity contribution is 7.90. The monoisotopic (exact) mass is 407 g/mol. The molecule has 3 fully saturated rings. The van der Waals surface area contributed by atoms with Gasteiger partial charge in [0.05, 0.1) is 17.5 Å². The minimum atomic E-state index is -3.42. The van der Waals surface area contributed by atoms with Gasteiger partial charge in [-0.2, -0.15) is 5.26 Å². The number of hydrogen-bond acceptors (Lipinski definition) is 6. The second-order valence-corrected chi connectivity index (χ2v) is 10.3. The second kappa shape index (κ2) is 7.53. The first kappa shape index (κ1) is 19.5. The Morgan fingerprint density at radius 1 is 1.21 bits per heavy atom. The predicted octanol–water partition coefficient (Wildman–Crippen LogP) is 2.41. The summed E-state index contributed by atoms with van der Waals surface area (Å²) in [6, 6.07) is 5.37. The van der Waals surface area contributed by atoms with Crippen molar-refractivity contribution in [2.45, 2.75) is 55.1 Å². The van der Waals surface area contributed by atoms with E-state index in [4.69, 9.17) is 10.00 Å². The van der Waals surface area contributed by atoms with E-state index in [1.807, 2.05) is 4.90 Å². The van der Waals surface area contributed by atoms with Crippen molar-refractivity contribution in [2.75, 3.05) is 26.0 Å². The van der Waals surface area contributed by atoms with Crippen LogP contribution in [0.4, 0.5) is 4.39 Å². The molecule has 8 heteroatoms. The van der Waals surface area contributed by atoms with Crippen molar-refractivity contribution in [1.29, 1.82) is 5.26 Å². The molecule has 1 heterocycles. The van der Waals surface area contributed by atoms with Gasteiger partial charge in [-0.3, -0.25) is 4.90 Å². The van der Waals surface area contributed by atoms with Crippen molar-refractivity contribution >= 4 is 9.84 Å². The molecule has 3 aliphatic rings. The molecule has 0 spiro atoms. The van der Waals surface area contributed by atoms with Crippen molar-refractivity contribution in [2.24, 2.45) is 5.92 Å². The van der Waals surface area contributed by atoms with Crippen molar-refractivity contribution in [3.05, 3.63) is 24.0 Å². The zero-order chi connectivity index (χ0) is 19.9. The quantitative estimate of drug-likeness (QED) is 0.698. The van der Waals surface area contributed by atoms with Crippen LogP contribution >= 0.6 is 0 Å². The highest BCUT2D eigenvalue weighted by Crippen LogP contribution is 2.40. The fourth-order valence-electron chi connectivity index (χ4n) is 4.67. The summed E-state index contributed by atoms with van der Waals surface area (Å²) in [5.74, 6) is -0.129. The summed E-state index contributed by atoms with van der Waals surface area (Å²) in [6.45, 7) is 2.26. The zero-order valence-electron chi connectivity index (χ0n) is 16.1. The van der Waals surface area contributed by atoms with Gasteiger partial charge in [-0.1, -0.05) is 0 Å². The van der Waals surface area contributed by atoms with E-state index in [0.29, 0.717) is 30.7 Å². The number of halogens is 1. The van der Waals surface area contributed by atoms with Gasteiger partial charge in [0.2, 0.25) is 0 Å². The lowest BCUT2D eigenvalue weighted by Crippen LogP contribution is -2.50. The number of piperazine rings is 1. The van der Waals surface area contributed by atoms with E-state index >= 15 is 0 Å². The Bertz CT molecular complexity index is 877. The van der Waals surface area contributed by atoms with Crippen LogP contribution in [0.25, 0.3) is 0 Å². The predicted molar refractivity (Wildman–Crippen MR) is 102 cm³/mol. The van der Waals surface area contributed by atoms with Crippen LogP contribution in [-0.2, 0) is 9.84 Å². The fraction of sp³-hybridized carbons (Fsp3) is 0.650. The average molecular weight is 408 g/mol. The number of rotatable bonds is 5. The Balaban J connectivity index is 1.26. The van der Waals surface area contributed by atoms with E-state index in [0.717, 1.165) is 57.5 Å². The van der Waals surface area contributed by atoms with Gasteiger partial charge in [-0.05, 0) is 56.2 Å². The summed E-state index contributed by atoms with van der Waals surface area (Å²) in [6.07, 6.45) is 8.78. The second-order valence-electron chi connectivity index (χ2n) is 8.25. The van der Waals surface area contributed by atoms with Gasteiger partial charge in [0, 0.05) is 31.4 Å². The number of benzene rings is 1. The summed E-state index contributed by atoms with van der Waals surface area (Å²) >= 11 is 0. The molecule has 0 N–H and O–H groups in total. The van der Waals surface area contributed by atoms with Crippen molar-refractivity contribution < 1.29 is 17.5 Å². The molecule has 4 rings (SSSR count). The van der Waals surface area contributed by atoms with Crippen LogP contribution in [-0.4, -0.2) is 62.3 Å². The number of sulfone groups is 1. The molecule has 1 aromatic rings. The van der Waals surface area contributed by atoms with Gasteiger partial charge in [-0.15, -0.1) is 0 Å². The van der Waals surface area contributed by atoms with Crippen molar-refractivity contribution in [1.82, 2.24) is 9.80 Å². The van der Waals surface area contributed by atoms with Crippen LogP contribution in [0.5, 0.6) is 5.75 Å². The van der Waals surface area contributed by atoms with E-state index in [1.165, 1.54) is 12.1 Å². The van der Waals surface area contributed by atoms with E-state index in [1.54, 1.807) is 0 Å². The van der Waals surface area contributed by atoms with E-state index in [9.17, 15) is 12.8 Å². The SMILES string of the molecule is CS(=O)(=O)c1ccc(OCC2CCC(N3CCN(C#N)C4CC43)CC2)c(F)c1. The fourth-order valence-corrected chi connectivity index (χ4v) is 5.31. The molecule has 0 radical (unpaired) electrons. The van der Waals surface area contributed by atoms with Crippen LogP contribution in [0.3, 0.4) is 0 Å². The summed E-state index contributed by atoms with van der Waals surface area (Å²) in [5, 5.41) is 9.13. The van der Waals surface area contributed by atoms with Crippen molar-refractivity contribution in [3.63, 3.8) is 0 Å². The average Bonchev–Trinajstić information content (AvgIpc) is 3.47. The van der Waals surface area contributed by atoms with Crippen LogP contribution in [0.1, 0.15) is 32.1 Å². The number of hydrogen-bond donors (Lipinski definition) is 0. The Hall–Kier alpha value is -1.85. The van der Waals surface area contributed by atoms with Gasteiger partial charge in [0.25, 0.3) is 0 Å². The van der Waals surface area contributed by atoms with Gasteiger partial charge >= 0.3 is 0 Å². The highest BCUT2D eigenvalue weighted by Gasteiger charge is 2.50. The van der Waals surface area contributed by atoms with Crippen molar-refractivity contribution in [3.8, 4) is 11.9 Å². The molecule has 152 valence electrons. The third-order valence-corrected chi connectivity index (χ3v) is 7.48. The lowest BCUT2D eigenvalue weighted by Gasteiger charge is -2.40. The summed E-state index contributed by atoms with van der Waals surface area (Å²) in [7, 11) is -3.42. The Kier molecular flexibility index (Phi) is 5.23. The maximum absolute atomic E-state index is 14.1. The molecule has 1 aliphatic heterocycles. The molecule has 1 saturated heterocycles. The molecule has 1 aromatic carbocycles. The lowest BCUT2D eigenvalue weighted by molar-refractivity contribution is 0.0762. The molecular weight excluding hydrogens is 381 g/mol. The number of nitriles is 1. The molecule has 2 atom stereocenters. The Morgan fingerprint density at radius 3 is 2.61 bits per heavy atom. The number of fused-ring (bicyclic) bond motifs is 1. The van der Waals surface area contributed by atoms with Crippen LogP contribution in [0, 0.1) is 23.2 Å². The number of nitrogens with zero attached hydrogens (tertiary/aromatic N) is 3. The summed E-state index contributed by atoms with van der Waals surface area (Å²) < 4.78 is 42.8. The molecule has 28 heavy (non-hydrogen) atoms. The van der Waals surface area contributed by atoms with Crippen LogP contribution in [0.15, 0.2) is 23.1 Å². The van der Waals surface area contributed by atoms with Crippen LogP contribution in [0.2, 0.25) is 0 Å². The third-order valence-electron chi connectivity index (χ3n) is 6.37. The topological polar surface area (TPSA) is 73.6 Å². The zero-order valence-corrected chi connectivity index (χ0v) is 16.9. The van der Waals surface area contributed by atoms with Gasteiger partial charge in [-0.25, -0.2) is 12.8 Å². The minimum absolute atomic E-state index is 0.0345. The first-order valence-corrected chi connectivity index (χ1v) is 11.8. The highest BCUT2D eigenvalue weighted by atomic mass is 32.2. The maximum atomic E-state index is 14.1. The summed E-state index contributed by atoms with van der Waals surface area (Å²) in [5.41, 5.74) is 0. The van der Waals surface area contributed by atoms with Gasteiger partial charge in [0.15, 0.2) is 27.6 Å². The third kappa shape index (κ3) is 3.96. The standard InChI is InChI=1S/C20H26FN3O3S/c1-28(25,26)16-6-7-20(17(21)10-16)27-12-14-2-4-15(5-3-14)24-9-8-23(13-22)18-11-19(18)24/h6-7,10,14-15,18-19H,2-5,8-9,11-12H2,1H3. The smallest absolute Gasteiger partial charge is 0.179 e. The minimum Gasteiger partial charge on any atom is -0.490 e. The maximum Gasteiger partial charge on any atom is 0.179 e. The molecule has 0 amide bonds.